The molecule has 659 valence electrons. The van der Waals surface area contributed by atoms with Gasteiger partial charge in [-0.15, -0.1) is 11.6 Å². The Morgan fingerprint density at radius 2 is 0.392 bits per heavy atom. The van der Waals surface area contributed by atoms with Gasteiger partial charge in [0.15, 0.2) is 0 Å². The SMILES string of the molecule is CCCOC.COCCCCCOC(c1ccccc1)c1ccccc1.COCCCCCOC(c1ccccc1)c1ccccc1.COCCN(C)CCOC(c1ccccc1)c1ccccc1.COCCN(CCOC(c1ccccc1)c1ccccc1)CCOC(c1ccccc1)c1ccccc1.ClCCOC(c1ccccc1)c1ccccc1.[B].[H-].[Na+]. The molecule has 0 aliphatic carbocycles. The summed E-state index contributed by atoms with van der Waals surface area (Å²) in [7, 11) is 10.8. The average Bonchev–Trinajstić information content (AvgIpc) is 0.744. The average molecular weight is 1720 g/mol. The molecule has 0 N–H and O–H groups in total. The van der Waals surface area contributed by atoms with Gasteiger partial charge in [-0.25, -0.2) is 0 Å². The molecule has 0 bridgehead atoms. The Hall–Kier alpha value is -8.53. The first-order valence-electron chi connectivity index (χ1n) is 43.5. The smallest absolute Gasteiger partial charge is 1.00 e. The third-order valence-corrected chi connectivity index (χ3v) is 20.1. The van der Waals surface area contributed by atoms with Crippen LogP contribution >= 0.6 is 11.6 Å². The first kappa shape index (κ1) is 107. The van der Waals surface area contributed by atoms with E-state index >= 15 is 0 Å². The molecule has 0 spiro atoms. The Kier molecular flexibility index (Phi) is 60.4. The normalized spacial score (nSPS) is 10.8. The minimum absolute atomic E-state index is 0. The van der Waals surface area contributed by atoms with Gasteiger partial charge in [0.1, 0.15) is 36.6 Å². The molecule has 12 aromatic rings. The van der Waals surface area contributed by atoms with Crippen molar-refractivity contribution in [2.24, 2.45) is 0 Å². The number of ether oxygens (including phenoxy) is 11. The van der Waals surface area contributed by atoms with Gasteiger partial charge in [-0.3, -0.25) is 4.90 Å². The van der Waals surface area contributed by atoms with Gasteiger partial charge < -0.3 is 58.4 Å². The van der Waals surface area contributed by atoms with E-state index < -0.39 is 0 Å². The minimum atomic E-state index is -0.0940. The fourth-order valence-electron chi connectivity index (χ4n) is 13.5. The van der Waals surface area contributed by atoms with Crippen molar-refractivity contribution in [3.63, 3.8) is 0 Å². The van der Waals surface area contributed by atoms with Crippen molar-refractivity contribution in [2.45, 2.75) is 88.5 Å². The van der Waals surface area contributed by atoms with Crippen molar-refractivity contribution in [1.29, 1.82) is 0 Å². The molecule has 0 aromatic heterocycles. The standard InChI is InChI=1S/C33H37NO3.C19H25NO2.2C19H24O2.C15H15ClO.C4H10O.B.Na.H/c1-35-25-22-34(23-26-36-32(28-14-6-2-7-15-28)29-16-8-3-9-17-29)24-27-37-33(30-18-10-4-11-19-30)31-20-12-5-13-21-31;1-20(13-15-21-2)14-16-22-19(17-9-5-3-6-10-17)18-11-7-4-8-12-18;2*1-20-15-9-4-10-16-21-19(17-11-5-2-6-12-17)18-13-7-3-8-14-18;16-11-12-17-15(13-7-3-1-4-8-13)14-9-5-2-6-10-14;1-3-4-5-2;;;/h2-21,32-33H,22-27H2,1H3;3-12,19H,13-16H2,1-2H3;2*2-3,5-8,11-14,19H,4,9-10,15-16H2,1H3;1-10,15H,11-12H2;3-4H2,1-2H3;;;/q;;;;;;;+1;-1. The summed E-state index contributed by atoms with van der Waals surface area (Å²) in [6, 6.07) is 124. The zero-order valence-corrected chi connectivity index (χ0v) is 78.2. The van der Waals surface area contributed by atoms with Gasteiger partial charge in [0.25, 0.3) is 0 Å². The summed E-state index contributed by atoms with van der Waals surface area (Å²) in [5.41, 5.74) is 14.2. The molecule has 3 radical (unpaired) electrons. The van der Waals surface area contributed by atoms with E-state index in [1.54, 1.807) is 35.5 Å². The van der Waals surface area contributed by atoms with Crippen molar-refractivity contribution in [2.75, 3.05) is 154 Å². The number of hydrogen-bond donors (Lipinski definition) is 0. The summed E-state index contributed by atoms with van der Waals surface area (Å²) in [6.45, 7) is 14.3. The van der Waals surface area contributed by atoms with Crippen LogP contribution < -0.4 is 29.6 Å². The number of nitrogens with zero attached hydrogens (tertiary/aromatic N) is 2. The Morgan fingerprint density at radius 1 is 0.224 bits per heavy atom. The molecule has 0 unspecified atom stereocenters. The van der Waals surface area contributed by atoms with Gasteiger partial charge in [0.2, 0.25) is 0 Å². The van der Waals surface area contributed by atoms with Crippen LogP contribution in [0.3, 0.4) is 0 Å². The third kappa shape index (κ3) is 44.2. The van der Waals surface area contributed by atoms with Gasteiger partial charge in [0, 0.05) is 116 Å². The second-order valence-electron chi connectivity index (χ2n) is 29.4. The van der Waals surface area contributed by atoms with Gasteiger partial charge in [0.05, 0.1) is 39.6 Å². The molecule has 0 heterocycles. The zero-order chi connectivity index (χ0) is 86.7. The van der Waals surface area contributed by atoms with Gasteiger partial charge in [-0.2, -0.15) is 0 Å². The number of unbranched alkanes of at least 4 members (excludes halogenated alkanes) is 4. The number of benzene rings is 12. The van der Waals surface area contributed by atoms with E-state index in [1.165, 1.54) is 33.4 Å². The molecule has 0 fully saturated rings. The van der Waals surface area contributed by atoms with Crippen LogP contribution in [0.1, 0.15) is 157 Å². The summed E-state index contributed by atoms with van der Waals surface area (Å²) < 4.78 is 62.6. The molecule has 13 nitrogen and oxygen atoms in total. The molecule has 0 aliphatic rings. The summed E-state index contributed by atoms with van der Waals surface area (Å²) in [6.07, 6.45) is 7.55. The van der Waals surface area contributed by atoms with Crippen LogP contribution in [0.2, 0.25) is 0 Å². The molecule has 125 heavy (non-hydrogen) atoms. The fraction of sp³-hybridized carbons (Fsp3) is 0.339. The van der Waals surface area contributed by atoms with Crippen LogP contribution in [0.5, 0.6) is 0 Å². The van der Waals surface area contributed by atoms with Crippen LogP contribution in [0.4, 0.5) is 0 Å². The molecule has 0 amide bonds. The molecule has 0 aliphatic heterocycles. The van der Waals surface area contributed by atoms with Crippen molar-refractivity contribution >= 4 is 20.0 Å². The quantitative estimate of drug-likeness (QED) is 0.0205. The van der Waals surface area contributed by atoms with Crippen molar-refractivity contribution < 1.29 is 83.1 Å². The molecule has 16 heteroatoms. The second-order valence-corrected chi connectivity index (χ2v) is 29.7. The van der Waals surface area contributed by atoms with Crippen LogP contribution in [0.15, 0.2) is 364 Å². The van der Waals surface area contributed by atoms with Crippen LogP contribution in [-0.4, -0.2) is 172 Å². The summed E-state index contributed by atoms with van der Waals surface area (Å²) in [5.74, 6) is 0.510. The molecule has 0 atom stereocenters. The summed E-state index contributed by atoms with van der Waals surface area (Å²) >= 11 is 5.70. The van der Waals surface area contributed by atoms with Gasteiger partial charge in [-0.1, -0.05) is 371 Å². The van der Waals surface area contributed by atoms with Crippen molar-refractivity contribution in [3.05, 3.63) is 431 Å². The monoisotopic (exact) mass is 1720 g/mol. The molecule has 0 saturated carbocycles. The molecular weight excluding hydrogens is 1580 g/mol. The van der Waals surface area contributed by atoms with E-state index in [4.69, 9.17) is 63.7 Å². The predicted molar refractivity (Wildman–Crippen MR) is 513 cm³/mol. The third-order valence-electron chi connectivity index (χ3n) is 20.0. The maximum atomic E-state index is 6.47. The van der Waals surface area contributed by atoms with Crippen LogP contribution in [0.25, 0.3) is 0 Å². The Labute approximate surface area is 780 Å². The number of rotatable bonds is 49. The summed E-state index contributed by atoms with van der Waals surface area (Å²) in [4.78, 5) is 4.57. The maximum Gasteiger partial charge on any atom is 1.00 e. The fourth-order valence-corrected chi connectivity index (χ4v) is 13.6. The topological polar surface area (TPSA) is 108 Å². The first-order valence-corrected chi connectivity index (χ1v) is 44.1. The van der Waals surface area contributed by atoms with Gasteiger partial charge >= 0.3 is 29.6 Å². The minimum Gasteiger partial charge on any atom is -1.00 e. The number of likely N-dealkylation sites (N-methyl/N-ethyl adjacent to an activating group) is 1. The van der Waals surface area contributed by atoms with E-state index in [0.29, 0.717) is 38.9 Å². The molecule has 12 aromatic carbocycles. The first-order chi connectivity index (χ1) is 60.8. The predicted octanol–water partition coefficient (Wildman–Crippen LogP) is 20.9. The van der Waals surface area contributed by atoms with Crippen LogP contribution in [-0.2, 0) is 52.1 Å². The molecular formula is C109H136BClN2NaO11. The van der Waals surface area contributed by atoms with E-state index in [1.807, 2.05) is 97.1 Å². The number of hydrogen-bond acceptors (Lipinski definition) is 13. The number of alkyl halides is 1. The Morgan fingerprint density at radius 3 is 0.584 bits per heavy atom. The van der Waals surface area contributed by atoms with E-state index in [0.717, 1.165) is 151 Å². The van der Waals surface area contributed by atoms with E-state index in [9.17, 15) is 0 Å². The zero-order valence-electron chi connectivity index (χ0n) is 76.4. The second kappa shape index (κ2) is 70.5. The van der Waals surface area contributed by atoms with Crippen molar-refractivity contribution in [1.82, 2.24) is 9.80 Å². The van der Waals surface area contributed by atoms with E-state index in [2.05, 4.69) is 291 Å². The largest absolute Gasteiger partial charge is 1.00 e. The summed E-state index contributed by atoms with van der Waals surface area (Å²) in [5, 5.41) is 0. The van der Waals surface area contributed by atoms with Crippen molar-refractivity contribution in [3.8, 4) is 0 Å². The number of methoxy groups -OCH3 is 5. The maximum absolute atomic E-state index is 6.47. The Balaban J connectivity index is 0.000000332. The molecule has 12 rings (SSSR count). The van der Waals surface area contributed by atoms with E-state index in [-0.39, 0.29) is 76.0 Å². The van der Waals surface area contributed by atoms with Gasteiger partial charge in [-0.05, 0) is 119 Å². The molecule has 0 saturated heterocycles. The van der Waals surface area contributed by atoms with Crippen LogP contribution in [0, 0.1) is 0 Å². The number of halogens is 1. The Bertz CT molecular complexity index is 3960.